The molecule has 0 fully saturated rings. The van der Waals surface area contributed by atoms with Gasteiger partial charge in [0.25, 0.3) is 0 Å². The molecule has 0 radical (unpaired) electrons. The summed E-state index contributed by atoms with van der Waals surface area (Å²) in [6, 6.07) is 17.2. The summed E-state index contributed by atoms with van der Waals surface area (Å²) in [6.07, 6.45) is 6.35. The van der Waals surface area contributed by atoms with Crippen molar-refractivity contribution in [3.8, 4) is 18.1 Å². The van der Waals surface area contributed by atoms with Crippen molar-refractivity contribution in [3.63, 3.8) is 0 Å². The Morgan fingerprint density at radius 1 is 1.13 bits per heavy atom. The van der Waals surface area contributed by atoms with Gasteiger partial charge in [0.05, 0.1) is 6.54 Å². The minimum absolute atomic E-state index is 0.421. The molecule has 0 aliphatic rings. The SMILES string of the molecule is C#CCN(C)C(C)Cc1ccc(OCc2cccc(C)c2)cc1. The first-order valence-electron chi connectivity index (χ1n) is 7.99. The Morgan fingerprint density at radius 3 is 2.52 bits per heavy atom. The van der Waals surface area contributed by atoms with E-state index < -0.39 is 0 Å². The monoisotopic (exact) mass is 307 g/mol. The highest BCUT2D eigenvalue weighted by molar-refractivity contribution is 5.29. The second kappa shape index (κ2) is 8.41. The number of terminal acetylenes is 1. The fraction of sp³-hybridized carbons (Fsp3) is 0.333. The van der Waals surface area contributed by atoms with Crippen LogP contribution in [0.1, 0.15) is 23.6 Å². The summed E-state index contributed by atoms with van der Waals surface area (Å²) in [7, 11) is 2.06. The van der Waals surface area contributed by atoms with Gasteiger partial charge in [0.15, 0.2) is 0 Å². The van der Waals surface area contributed by atoms with Crippen LogP contribution in [-0.2, 0) is 13.0 Å². The van der Waals surface area contributed by atoms with Crippen LogP contribution in [0.25, 0.3) is 0 Å². The lowest BCUT2D eigenvalue weighted by Crippen LogP contribution is -2.31. The van der Waals surface area contributed by atoms with Crippen LogP contribution in [0.5, 0.6) is 5.75 Å². The van der Waals surface area contributed by atoms with Crippen LogP contribution in [0.4, 0.5) is 0 Å². The number of likely N-dealkylation sites (N-methyl/N-ethyl adjacent to an activating group) is 1. The second-order valence-corrected chi connectivity index (χ2v) is 6.09. The summed E-state index contributed by atoms with van der Waals surface area (Å²) < 4.78 is 5.86. The van der Waals surface area contributed by atoms with Crippen molar-refractivity contribution in [3.05, 3.63) is 65.2 Å². The molecule has 0 spiro atoms. The summed E-state index contributed by atoms with van der Waals surface area (Å²) in [6.45, 7) is 5.57. The molecule has 0 aromatic heterocycles. The maximum absolute atomic E-state index is 5.86. The van der Waals surface area contributed by atoms with Crippen LogP contribution >= 0.6 is 0 Å². The van der Waals surface area contributed by atoms with Gasteiger partial charge in [0, 0.05) is 6.04 Å². The lowest BCUT2D eigenvalue weighted by atomic mass is 10.1. The number of rotatable bonds is 7. The maximum atomic E-state index is 5.86. The molecule has 0 saturated heterocycles. The molecule has 2 nitrogen and oxygen atoms in total. The van der Waals surface area contributed by atoms with E-state index in [0.29, 0.717) is 19.2 Å². The molecule has 0 saturated carbocycles. The largest absolute Gasteiger partial charge is 0.489 e. The third kappa shape index (κ3) is 5.47. The molecule has 0 N–H and O–H groups in total. The first-order valence-corrected chi connectivity index (χ1v) is 7.99. The molecule has 0 bridgehead atoms. The van der Waals surface area contributed by atoms with Crippen LogP contribution < -0.4 is 4.74 Å². The van der Waals surface area contributed by atoms with Gasteiger partial charge < -0.3 is 4.74 Å². The topological polar surface area (TPSA) is 12.5 Å². The van der Waals surface area contributed by atoms with Gasteiger partial charge in [-0.05, 0) is 50.6 Å². The summed E-state index contributed by atoms with van der Waals surface area (Å²) >= 11 is 0. The van der Waals surface area contributed by atoms with E-state index >= 15 is 0 Å². The fourth-order valence-corrected chi connectivity index (χ4v) is 2.49. The van der Waals surface area contributed by atoms with Crippen LogP contribution in [0.15, 0.2) is 48.5 Å². The molecular formula is C21H25NO. The summed E-state index contributed by atoms with van der Waals surface area (Å²) in [5.41, 5.74) is 3.74. The van der Waals surface area contributed by atoms with Crippen molar-refractivity contribution in [2.45, 2.75) is 32.9 Å². The molecular weight excluding hydrogens is 282 g/mol. The van der Waals surface area contributed by atoms with Crippen LogP contribution in [0.2, 0.25) is 0 Å². The van der Waals surface area contributed by atoms with Crippen molar-refractivity contribution in [2.75, 3.05) is 13.6 Å². The van der Waals surface area contributed by atoms with E-state index in [-0.39, 0.29) is 0 Å². The van der Waals surface area contributed by atoms with E-state index in [4.69, 9.17) is 11.2 Å². The normalized spacial score (nSPS) is 12.0. The predicted molar refractivity (Wildman–Crippen MR) is 96.6 cm³/mol. The summed E-state index contributed by atoms with van der Waals surface area (Å²) in [5.74, 6) is 3.59. The van der Waals surface area contributed by atoms with E-state index in [9.17, 15) is 0 Å². The Morgan fingerprint density at radius 2 is 1.87 bits per heavy atom. The molecule has 2 aromatic carbocycles. The molecule has 23 heavy (non-hydrogen) atoms. The highest BCUT2D eigenvalue weighted by Gasteiger charge is 2.08. The molecule has 0 amide bonds. The Hall–Kier alpha value is -2.24. The number of aryl methyl sites for hydroxylation is 1. The van der Waals surface area contributed by atoms with Gasteiger partial charge in [0.2, 0.25) is 0 Å². The Balaban J connectivity index is 1.88. The minimum Gasteiger partial charge on any atom is -0.489 e. The Kier molecular flexibility index (Phi) is 6.26. The number of hydrogen-bond acceptors (Lipinski definition) is 2. The lowest BCUT2D eigenvalue weighted by molar-refractivity contribution is 0.286. The third-order valence-electron chi connectivity index (χ3n) is 4.04. The zero-order chi connectivity index (χ0) is 16.7. The first-order chi connectivity index (χ1) is 11.1. The van der Waals surface area contributed by atoms with Crippen molar-refractivity contribution in [1.82, 2.24) is 4.90 Å². The van der Waals surface area contributed by atoms with Gasteiger partial charge in [-0.25, -0.2) is 0 Å². The number of hydrogen-bond donors (Lipinski definition) is 0. The van der Waals surface area contributed by atoms with Crippen LogP contribution in [0.3, 0.4) is 0 Å². The summed E-state index contributed by atoms with van der Waals surface area (Å²) in [4.78, 5) is 2.18. The third-order valence-corrected chi connectivity index (χ3v) is 4.04. The molecule has 1 unspecified atom stereocenters. The van der Waals surface area contributed by atoms with Crippen molar-refractivity contribution >= 4 is 0 Å². The molecule has 1 atom stereocenters. The highest BCUT2D eigenvalue weighted by Crippen LogP contribution is 2.16. The quantitative estimate of drug-likeness (QED) is 0.715. The molecule has 120 valence electrons. The molecule has 0 aliphatic carbocycles. The smallest absolute Gasteiger partial charge is 0.119 e. The van der Waals surface area contributed by atoms with E-state index in [2.05, 4.69) is 68.1 Å². The minimum atomic E-state index is 0.421. The van der Waals surface area contributed by atoms with Gasteiger partial charge in [-0.2, -0.15) is 0 Å². The second-order valence-electron chi connectivity index (χ2n) is 6.09. The number of nitrogens with zero attached hydrogens (tertiary/aromatic N) is 1. The Bertz CT molecular complexity index is 654. The van der Waals surface area contributed by atoms with Gasteiger partial charge in [-0.15, -0.1) is 6.42 Å². The van der Waals surface area contributed by atoms with Crippen molar-refractivity contribution in [2.24, 2.45) is 0 Å². The first kappa shape index (κ1) is 17.1. The van der Waals surface area contributed by atoms with E-state index in [0.717, 1.165) is 12.2 Å². The standard InChI is InChI=1S/C21H25NO/c1-5-13-22(4)18(3)15-19-9-11-21(12-10-19)23-16-20-8-6-7-17(2)14-20/h1,6-12,14,18H,13,15-16H2,2-4H3. The summed E-state index contributed by atoms with van der Waals surface area (Å²) in [5, 5.41) is 0. The molecule has 2 heteroatoms. The Labute approximate surface area is 140 Å². The van der Waals surface area contributed by atoms with Crippen LogP contribution in [-0.4, -0.2) is 24.5 Å². The van der Waals surface area contributed by atoms with Gasteiger partial charge in [0.1, 0.15) is 12.4 Å². The highest BCUT2D eigenvalue weighted by atomic mass is 16.5. The van der Waals surface area contributed by atoms with Gasteiger partial charge >= 0.3 is 0 Å². The molecule has 0 heterocycles. The van der Waals surface area contributed by atoms with Gasteiger partial charge in [-0.3, -0.25) is 4.90 Å². The van der Waals surface area contributed by atoms with E-state index in [1.807, 2.05) is 12.1 Å². The number of benzene rings is 2. The zero-order valence-corrected chi connectivity index (χ0v) is 14.3. The molecule has 2 rings (SSSR count). The van der Waals surface area contributed by atoms with Crippen molar-refractivity contribution in [1.29, 1.82) is 0 Å². The van der Waals surface area contributed by atoms with Gasteiger partial charge in [-0.1, -0.05) is 47.9 Å². The molecule has 2 aromatic rings. The van der Waals surface area contributed by atoms with E-state index in [1.165, 1.54) is 16.7 Å². The fourth-order valence-electron chi connectivity index (χ4n) is 2.49. The number of ether oxygens (including phenoxy) is 1. The average Bonchev–Trinajstić information content (AvgIpc) is 2.54. The lowest BCUT2D eigenvalue weighted by Gasteiger charge is -2.22. The van der Waals surface area contributed by atoms with Crippen molar-refractivity contribution < 1.29 is 4.74 Å². The van der Waals surface area contributed by atoms with E-state index in [1.54, 1.807) is 0 Å². The molecule has 0 aliphatic heterocycles. The predicted octanol–water partition coefficient (Wildman–Crippen LogP) is 4.07. The zero-order valence-electron chi connectivity index (χ0n) is 14.3. The van der Waals surface area contributed by atoms with Crippen LogP contribution in [0, 0.1) is 19.3 Å². The maximum Gasteiger partial charge on any atom is 0.119 e. The average molecular weight is 307 g/mol.